The zero-order chi connectivity index (χ0) is 14.4. The zero-order valence-corrected chi connectivity index (χ0v) is 12.9. The fourth-order valence-electron chi connectivity index (χ4n) is 2.69. The van der Waals surface area contributed by atoms with Crippen molar-refractivity contribution in [1.29, 1.82) is 0 Å². The van der Waals surface area contributed by atoms with Crippen LogP contribution in [0.4, 0.5) is 11.6 Å². The van der Waals surface area contributed by atoms with Gasteiger partial charge in [0.25, 0.3) is 0 Å². The molecule has 2 N–H and O–H groups in total. The quantitative estimate of drug-likeness (QED) is 0.836. The minimum atomic E-state index is 0.760. The lowest BCUT2D eigenvalue weighted by atomic mass is 9.97. The van der Waals surface area contributed by atoms with E-state index < -0.39 is 0 Å². The fourth-order valence-corrected chi connectivity index (χ4v) is 2.69. The van der Waals surface area contributed by atoms with Crippen molar-refractivity contribution in [1.82, 2.24) is 14.9 Å². The average molecular weight is 277 g/mol. The van der Waals surface area contributed by atoms with Gasteiger partial charge >= 0.3 is 0 Å². The Balaban J connectivity index is 1.84. The van der Waals surface area contributed by atoms with Crippen LogP contribution < -0.4 is 10.6 Å². The van der Waals surface area contributed by atoms with Gasteiger partial charge in [0.2, 0.25) is 0 Å². The third-order valence-corrected chi connectivity index (χ3v) is 3.92. The minimum absolute atomic E-state index is 0.760. The molecule has 5 heteroatoms. The lowest BCUT2D eigenvalue weighted by Crippen LogP contribution is -2.35. The van der Waals surface area contributed by atoms with Gasteiger partial charge in [0, 0.05) is 19.2 Å². The Bertz CT molecular complexity index is 413. The van der Waals surface area contributed by atoms with Crippen LogP contribution in [0.2, 0.25) is 0 Å². The molecule has 112 valence electrons. The largest absolute Gasteiger partial charge is 0.370 e. The molecular formula is C15H27N5. The summed E-state index contributed by atoms with van der Waals surface area (Å²) in [5, 5.41) is 6.72. The van der Waals surface area contributed by atoms with Crippen molar-refractivity contribution in [3.8, 4) is 0 Å². The molecule has 0 bridgehead atoms. The predicted molar refractivity (Wildman–Crippen MR) is 84.3 cm³/mol. The van der Waals surface area contributed by atoms with Crippen LogP contribution in [-0.4, -0.2) is 47.6 Å². The predicted octanol–water partition coefficient (Wildman–Crippen LogP) is 2.36. The number of hydrogen-bond acceptors (Lipinski definition) is 5. The number of rotatable bonds is 6. The van der Waals surface area contributed by atoms with Gasteiger partial charge in [-0.15, -0.1) is 0 Å². The Morgan fingerprint density at radius 2 is 1.80 bits per heavy atom. The van der Waals surface area contributed by atoms with Crippen molar-refractivity contribution in [3.63, 3.8) is 0 Å². The van der Waals surface area contributed by atoms with Gasteiger partial charge in [-0.1, -0.05) is 6.92 Å². The van der Waals surface area contributed by atoms with E-state index in [0.717, 1.165) is 36.5 Å². The van der Waals surface area contributed by atoms with Crippen LogP contribution in [0.15, 0.2) is 6.07 Å². The molecule has 1 aromatic rings. The molecule has 20 heavy (non-hydrogen) atoms. The van der Waals surface area contributed by atoms with Crippen LogP contribution in [0.5, 0.6) is 0 Å². The smallest absolute Gasteiger partial charge is 0.131 e. The molecule has 1 saturated heterocycles. The zero-order valence-electron chi connectivity index (χ0n) is 12.9. The van der Waals surface area contributed by atoms with Crippen molar-refractivity contribution < 1.29 is 0 Å². The van der Waals surface area contributed by atoms with Crippen molar-refractivity contribution >= 4 is 11.6 Å². The molecule has 2 rings (SSSR count). The third-order valence-electron chi connectivity index (χ3n) is 3.92. The molecule has 0 aromatic carbocycles. The monoisotopic (exact) mass is 277 g/mol. The molecule has 0 atom stereocenters. The van der Waals surface area contributed by atoms with Crippen molar-refractivity contribution in [3.05, 3.63) is 11.9 Å². The van der Waals surface area contributed by atoms with E-state index in [4.69, 9.17) is 0 Å². The highest BCUT2D eigenvalue weighted by Crippen LogP contribution is 2.18. The normalized spacial score (nSPS) is 17.1. The molecule has 1 fully saturated rings. The highest BCUT2D eigenvalue weighted by atomic mass is 15.1. The van der Waals surface area contributed by atoms with E-state index in [2.05, 4.69) is 39.3 Å². The molecular weight excluding hydrogens is 250 g/mol. The molecule has 0 spiro atoms. The topological polar surface area (TPSA) is 53.1 Å². The molecule has 0 amide bonds. The van der Waals surface area contributed by atoms with E-state index in [0.29, 0.717) is 0 Å². The van der Waals surface area contributed by atoms with Gasteiger partial charge in [-0.25, -0.2) is 9.97 Å². The second kappa shape index (κ2) is 7.43. The first-order valence-electron chi connectivity index (χ1n) is 7.77. The van der Waals surface area contributed by atoms with Crippen LogP contribution in [0, 0.1) is 12.8 Å². The number of piperidine rings is 1. The lowest BCUT2D eigenvalue weighted by Gasteiger charge is -2.31. The molecule has 0 saturated carbocycles. The maximum absolute atomic E-state index is 4.46. The summed E-state index contributed by atoms with van der Waals surface area (Å²) in [6.07, 6.45) is 2.57. The summed E-state index contributed by atoms with van der Waals surface area (Å²) in [6.45, 7) is 11.8. The summed E-state index contributed by atoms with van der Waals surface area (Å²) < 4.78 is 0. The number of aryl methyl sites for hydroxylation is 1. The summed E-state index contributed by atoms with van der Waals surface area (Å²) in [5.41, 5.74) is 0. The Hall–Kier alpha value is -1.36. The average Bonchev–Trinajstić information content (AvgIpc) is 2.45. The maximum Gasteiger partial charge on any atom is 0.131 e. The van der Waals surface area contributed by atoms with Gasteiger partial charge in [-0.3, -0.25) is 0 Å². The fraction of sp³-hybridized carbons (Fsp3) is 0.733. The molecule has 5 nitrogen and oxygen atoms in total. The standard InChI is InChI=1S/C15H27N5/c1-4-16-14-10-15(19-12(3)18-14)17-11-13-6-8-20(5-2)9-7-13/h10,13H,4-9,11H2,1-3H3,(H2,16,17,18,19). The van der Waals surface area contributed by atoms with Crippen molar-refractivity contribution in [2.24, 2.45) is 5.92 Å². The summed E-state index contributed by atoms with van der Waals surface area (Å²) in [4.78, 5) is 11.4. The molecule has 0 radical (unpaired) electrons. The highest BCUT2D eigenvalue weighted by Gasteiger charge is 2.17. The highest BCUT2D eigenvalue weighted by molar-refractivity contribution is 5.47. The maximum atomic E-state index is 4.46. The summed E-state index contributed by atoms with van der Waals surface area (Å²) in [7, 11) is 0. The van der Waals surface area contributed by atoms with Gasteiger partial charge in [-0.05, 0) is 52.2 Å². The minimum Gasteiger partial charge on any atom is -0.370 e. The summed E-state index contributed by atoms with van der Waals surface area (Å²) in [6, 6.07) is 2.00. The Labute approximate surface area is 122 Å². The first-order valence-corrected chi connectivity index (χ1v) is 7.77. The van der Waals surface area contributed by atoms with E-state index in [9.17, 15) is 0 Å². The number of anilines is 2. The molecule has 0 unspecified atom stereocenters. The van der Waals surface area contributed by atoms with Crippen LogP contribution in [0.25, 0.3) is 0 Å². The number of hydrogen-bond donors (Lipinski definition) is 2. The van der Waals surface area contributed by atoms with Crippen molar-refractivity contribution in [2.45, 2.75) is 33.6 Å². The lowest BCUT2D eigenvalue weighted by molar-refractivity contribution is 0.198. The van der Waals surface area contributed by atoms with Crippen molar-refractivity contribution in [2.75, 3.05) is 43.4 Å². The van der Waals surface area contributed by atoms with E-state index in [1.54, 1.807) is 0 Å². The second-order valence-corrected chi connectivity index (χ2v) is 5.47. The molecule has 1 aliphatic rings. The number of nitrogens with one attached hydrogen (secondary N) is 2. The van der Waals surface area contributed by atoms with Gasteiger partial charge in [0.15, 0.2) is 0 Å². The molecule has 0 aliphatic carbocycles. The van der Waals surface area contributed by atoms with Crippen LogP contribution in [0.1, 0.15) is 32.5 Å². The Kier molecular flexibility index (Phi) is 5.59. The number of likely N-dealkylation sites (tertiary alicyclic amines) is 1. The Morgan fingerprint density at radius 1 is 1.15 bits per heavy atom. The summed E-state index contributed by atoms with van der Waals surface area (Å²) >= 11 is 0. The van der Waals surface area contributed by atoms with Gasteiger partial charge in [0.05, 0.1) is 0 Å². The van der Waals surface area contributed by atoms with E-state index in [1.807, 2.05) is 13.0 Å². The second-order valence-electron chi connectivity index (χ2n) is 5.47. The number of aromatic nitrogens is 2. The molecule has 1 aliphatic heterocycles. The number of nitrogens with zero attached hydrogens (tertiary/aromatic N) is 3. The van der Waals surface area contributed by atoms with Crippen LogP contribution in [-0.2, 0) is 0 Å². The first kappa shape index (κ1) is 15.0. The Morgan fingerprint density at radius 3 is 2.40 bits per heavy atom. The van der Waals surface area contributed by atoms with E-state index in [-0.39, 0.29) is 0 Å². The van der Waals surface area contributed by atoms with Crippen LogP contribution in [0.3, 0.4) is 0 Å². The van der Waals surface area contributed by atoms with Gasteiger partial charge in [0.1, 0.15) is 17.5 Å². The van der Waals surface area contributed by atoms with E-state index in [1.165, 1.54) is 32.5 Å². The first-order chi connectivity index (χ1) is 9.71. The SMILES string of the molecule is CCNc1cc(NCC2CCN(CC)CC2)nc(C)n1. The van der Waals surface area contributed by atoms with Gasteiger partial charge < -0.3 is 15.5 Å². The summed E-state index contributed by atoms with van der Waals surface area (Å²) in [5.74, 6) is 3.41. The van der Waals surface area contributed by atoms with Crippen LogP contribution >= 0.6 is 0 Å². The third kappa shape index (κ3) is 4.34. The van der Waals surface area contributed by atoms with E-state index >= 15 is 0 Å². The van der Waals surface area contributed by atoms with Gasteiger partial charge in [-0.2, -0.15) is 0 Å². The molecule has 1 aromatic heterocycles. The molecule has 2 heterocycles.